The van der Waals surface area contributed by atoms with Crippen LogP contribution in [-0.2, 0) is 14.8 Å². The molecule has 30 heavy (non-hydrogen) atoms. The number of rotatable bonds is 6. The van der Waals surface area contributed by atoms with E-state index in [1.807, 2.05) is 0 Å². The molecule has 0 aliphatic carbocycles. The van der Waals surface area contributed by atoms with Gasteiger partial charge in [0.2, 0.25) is 21.6 Å². The Kier molecular flexibility index (Phi) is 6.48. The van der Waals surface area contributed by atoms with Crippen LogP contribution in [0.2, 0.25) is 10.0 Å². The molecule has 0 bridgehead atoms. The number of hydrogen-bond donors (Lipinski definition) is 0. The summed E-state index contributed by atoms with van der Waals surface area (Å²) in [6.07, 6.45) is 1.05. The van der Waals surface area contributed by atoms with Gasteiger partial charge in [0.1, 0.15) is 0 Å². The maximum absolute atomic E-state index is 12.6. The lowest BCUT2D eigenvalue weighted by Gasteiger charge is -2.35. The molecule has 1 fully saturated rings. The van der Waals surface area contributed by atoms with Crippen molar-refractivity contribution in [2.45, 2.75) is 38.5 Å². The second-order valence-electron chi connectivity index (χ2n) is 7.56. The zero-order chi connectivity index (χ0) is 22.3. The second kappa shape index (κ2) is 8.45. The fraction of sp³-hybridized carbons (Fsp3) is 0.526. The molecule has 0 unspecified atom stereocenters. The van der Waals surface area contributed by atoms with Crippen LogP contribution in [0.15, 0.2) is 18.1 Å². The van der Waals surface area contributed by atoms with E-state index in [9.17, 15) is 13.2 Å². The van der Waals surface area contributed by atoms with Crippen molar-refractivity contribution in [2.24, 2.45) is 0 Å². The summed E-state index contributed by atoms with van der Waals surface area (Å²) in [5.41, 5.74) is 0. The Morgan fingerprint density at radius 2 is 1.90 bits per heavy atom. The van der Waals surface area contributed by atoms with Crippen molar-refractivity contribution in [3.05, 3.63) is 28.1 Å². The molecule has 1 aromatic rings. The number of hydrogen-bond acceptors (Lipinski definition) is 6. The standard InChI is InChI=1S/C19H24Cl2N2O6S/c1-5-30(25,26)22(4)12-6-8-23(9-7-12)15(24)11-27-16-13(20)10-14(21)17-18(16)29-19(2,3)28-17/h5,10,12H,1,6-9,11H2,2-4H3. The number of likely N-dealkylation sites (tertiary alicyclic amines) is 1. The summed E-state index contributed by atoms with van der Waals surface area (Å²) >= 11 is 12.4. The highest BCUT2D eigenvalue weighted by Crippen LogP contribution is 2.53. The number of piperidine rings is 1. The molecule has 2 aliphatic rings. The van der Waals surface area contributed by atoms with Gasteiger partial charge in [0.05, 0.1) is 10.0 Å². The van der Waals surface area contributed by atoms with Gasteiger partial charge in [-0.05, 0) is 18.9 Å². The van der Waals surface area contributed by atoms with E-state index in [1.54, 1.807) is 18.7 Å². The van der Waals surface area contributed by atoms with E-state index in [4.69, 9.17) is 37.4 Å². The first kappa shape index (κ1) is 23.0. The first-order valence-corrected chi connectivity index (χ1v) is 11.6. The van der Waals surface area contributed by atoms with Gasteiger partial charge in [0.25, 0.3) is 5.91 Å². The zero-order valence-corrected chi connectivity index (χ0v) is 19.3. The molecule has 1 amide bonds. The van der Waals surface area contributed by atoms with Gasteiger partial charge >= 0.3 is 0 Å². The first-order chi connectivity index (χ1) is 13.9. The van der Waals surface area contributed by atoms with Gasteiger partial charge in [-0.1, -0.05) is 29.8 Å². The lowest BCUT2D eigenvalue weighted by molar-refractivity contribution is -0.134. The van der Waals surface area contributed by atoms with Crippen molar-refractivity contribution in [3.63, 3.8) is 0 Å². The predicted octanol–water partition coefficient (Wildman–Crippen LogP) is 3.28. The number of carbonyl (C=O) groups excluding carboxylic acids is 1. The van der Waals surface area contributed by atoms with E-state index in [2.05, 4.69) is 6.58 Å². The Morgan fingerprint density at radius 3 is 2.50 bits per heavy atom. The molecule has 1 aromatic carbocycles. The third-order valence-corrected chi connectivity index (χ3v) is 7.16. The monoisotopic (exact) mass is 478 g/mol. The minimum absolute atomic E-state index is 0.181. The predicted molar refractivity (Wildman–Crippen MR) is 114 cm³/mol. The third-order valence-electron chi connectivity index (χ3n) is 5.08. The molecule has 166 valence electrons. The van der Waals surface area contributed by atoms with E-state index in [1.165, 1.54) is 17.4 Å². The molecule has 8 nitrogen and oxygen atoms in total. The number of carbonyl (C=O) groups is 1. The lowest BCUT2D eigenvalue weighted by atomic mass is 10.1. The molecular formula is C19H24Cl2N2O6S. The fourth-order valence-electron chi connectivity index (χ4n) is 3.43. The molecule has 2 aliphatic heterocycles. The largest absolute Gasteiger partial charge is 0.478 e. The smallest absolute Gasteiger partial charge is 0.260 e. The summed E-state index contributed by atoms with van der Waals surface area (Å²) in [7, 11) is -1.96. The van der Waals surface area contributed by atoms with Crippen LogP contribution in [0.3, 0.4) is 0 Å². The molecule has 0 saturated carbocycles. The molecule has 11 heteroatoms. The second-order valence-corrected chi connectivity index (χ2v) is 10.3. The maximum Gasteiger partial charge on any atom is 0.260 e. The topological polar surface area (TPSA) is 85.4 Å². The normalized spacial score (nSPS) is 18.5. The molecule has 1 saturated heterocycles. The average molecular weight is 479 g/mol. The summed E-state index contributed by atoms with van der Waals surface area (Å²) in [6, 6.07) is 1.30. The van der Waals surface area contributed by atoms with E-state index in [-0.39, 0.29) is 35.1 Å². The molecule has 0 radical (unpaired) electrons. The summed E-state index contributed by atoms with van der Waals surface area (Å²) < 4.78 is 42.2. The van der Waals surface area contributed by atoms with Crippen LogP contribution in [0.5, 0.6) is 17.2 Å². The third kappa shape index (κ3) is 4.64. The van der Waals surface area contributed by atoms with Crippen LogP contribution in [0, 0.1) is 0 Å². The van der Waals surface area contributed by atoms with Gasteiger partial charge in [-0.15, -0.1) is 0 Å². The fourth-order valence-corrected chi connectivity index (χ4v) is 4.83. The van der Waals surface area contributed by atoms with Crippen LogP contribution in [0.25, 0.3) is 0 Å². The van der Waals surface area contributed by atoms with Crippen LogP contribution in [0.1, 0.15) is 26.7 Å². The van der Waals surface area contributed by atoms with Crippen molar-refractivity contribution in [3.8, 4) is 17.2 Å². The number of fused-ring (bicyclic) bond motifs is 1. The van der Waals surface area contributed by atoms with E-state index in [0.29, 0.717) is 36.7 Å². The maximum atomic E-state index is 12.6. The Morgan fingerprint density at radius 1 is 1.30 bits per heavy atom. The average Bonchev–Trinajstić information content (AvgIpc) is 3.02. The number of ether oxygens (including phenoxy) is 3. The number of benzene rings is 1. The Labute approximate surface area is 186 Å². The van der Waals surface area contributed by atoms with E-state index in [0.717, 1.165) is 5.41 Å². The minimum Gasteiger partial charge on any atom is -0.478 e. The number of nitrogens with zero attached hydrogens (tertiary/aromatic N) is 2. The van der Waals surface area contributed by atoms with E-state index >= 15 is 0 Å². The Bertz CT molecular complexity index is 958. The SMILES string of the molecule is C=CS(=O)(=O)N(C)C1CCN(C(=O)COc2c(Cl)cc(Cl)c3c2OC(C)(C)O3)CC1. The van der Waals surface area contributed by atoms with E-state index < -0.39 is 15.8 Å². The van der Waals surface area contributed by atoms with Crippen LogP contribution in [-0.4, -0.2) is 62.1 Å². The molecule has 0 spiro atoms. The molecule has 0 N–H and O–H groups in total. The lowest BCUT2D eigenvalue weighted by Crippen LogP contribution is -2.47. The van der Waals surface area contributed by atoms with Gasteiger partial charge in [0, 0.05) is 45.4 Å². The Hall–Kier alpha value is -1.68. The van der Waals surface area contributed by atoms with Crippen molar-refractivity contribution < 1.29 is 27.4 Å². The summed E-state index contributed by atoms with van der Waals surface area (Å²) in [5.74, 6) is -0.387. The van der Waals surface area contributed by atoms with Crippen molar-refractivity contribution in [2.75, 3.05) is 26.7 Å². The molecular weight excluding hydrogens is 455 g/mol. The van der Waals surface area contributed by atoms with Crippen LogP contribution in [0.4, 0.5) is 0 Å². The van der Waals surface area contributed by atoms with Crippen molar-refractivity contribution >= 4 is 39.1 Å². The van der Waals surface area contributed by atoms with Crippen LogP contribution < -0.4 is 14.2 Å². The van der Waals surface area contributed by atoms with Gasteiger partial charge in [-0.25, -0.2) is 8.42 Å². The first-order valence-electron chi connectivity index (χ1n) is 9.36. The van der Waals surface area contributed by atoms with Gasteiger partial charge in [-0.3, -0.25) is 4.79 Å². The number of sulfonamides is 1. The molecule has 3 rings (SSSR count). The van der Waals surface area contributed by atoms with Gasteiger partial charge < -0.3 is 19.1 Å². The highest BCUT2D eigenvalue weighted by molar-refractivity contribution is 7.92. The summed E-state index contributed by atoms with van der Waals surface area (Å²) in [6.45, 7) is 7.38. The minimum atomic E-state index is -3.49. The van der Waals surface area contributed by atoms with Crippen LogP contribution >= 0.6 is 23.2 Å². The zero-order valence-electron chi connectivity index (χ0n) is 17.0. The number of amides is 1. The Balaban J connectivity index is 1.62. The highest BCUT2D eigenvalue weighted by atomic mass is 35.5. The van der Waals surface area contributed by atoms with Crippen molar-refractivity contribution in [1.29, 1.82) is 0 Å². The molecule has 0 aromatic heterocycles. The summed E-state index contributed by atoms with van der Waals surface area (Å²) in [5, 5.41) is 1.43. The molecule has 2 heterocycles. The highest BCUT2D eigenvalue weighted by Gasteiger charge is 2.38. The van der Waals surface area contributed by atoms with Gasteiger partial charge in [-0.2, -0.15) is 4.31 Å². The summed E-state index contributed by atoms with van der Waals surface area (Å²) in [4.78, 5) is 14.3. The van der Waals surface area contributed by atoms with Crippen molar-refractivity contribution in [1.82, 2.24) is 9.21 Å². The quantitative estimate of drug-likeness (QED) is 0.623. The molecule has 0 atom stereocenters. The number of halogens is 2. The van der Waals surface area contributed by atoms with Gasteiger partial charge in [0.15, 0.2) is 18.1 Å².